The highest BCUT2D eigenvalue weighted by molar-refractivity contribution is 7.10. The molecule has 0 bridgehead atoms. The molecule has 3 nitrogen and oxygen atoms in total. The largest absolute Gasteiger partial charge is 0.342 e. The number of carbonyl (C=O) groups excluding carboxylic acids is 1. The van der Waals surface area contributed by atoms with Crippen molar-refractivity contribution in [2.24, 2.45) is 0 Å². The standard InChI is InChI=1S/C15H24N2OS/c1-2-13-7-10-19-14(13)11-16-12-15(18)17-8-5-3-4-6-9-17/h7,10,16H,2-6,8-9,11-12H2,1H3. The van der Waals surface area contributed by atoms with E-state index in [1.165, 1.54) is 23.3 Å². The molecule has 0 saturated carbocycles. The molecule has 1 N–H and O–H groups in total. The van der Waals surface area contributed by atoms with E-state index in [1.807, 2.05) is 4.90 Å². The number of nitrogens with zero attached hydrogens (tertiary/aromatic N) is 1. The fourth-order valence-corrected chi connectivity index (χ4v) is 3.50. The number of amides is 1. The Morgan fingerprint density at radius 2 is 2.05 bits per heavy atom. The molecule has 0 radical (unpaired) electrons. The second kappa shape index (κ2) is 7.65. The van der Waals surface area contributed by atoms with E-state index in [-0.39, 0.29) is 5.91 Å². The molecule has 2 rings (SSSR count). The summed E-state index contributed by atoms with van der Waals surface area (Å²) in [6.45, 7) is 5.36. The Kier molecular flexibility index (Phi) is 5.86. The summed E-state index contributed by atoms with van der Waals surface area (Å²) >= 11 is 1.78. The van der Waals surface area contributed by atoms with Gasteiger partial charge in [0.2, 0.25) is 5.91 Å². The third-order valence-corrected chi connectivity index (χ3v) is 4.70. The zero-order chi connectivity index (χ0) is 13.5. The summed E-state index contributed by atoms with van der Waals surface area (Å²) in [4.78, 5) is 15.5. The van der Waals surface area contributed by atoms with Crippen LogP contribution in [0.1, 0.15) is 43.0 Å². The summed E-state index contributed by atoms with van der Waals surface area (Å²) in [5.41, 5.74) is 1.40. The van der Waals surface area contributed by atoms with Crippen molar-refractivity contribution in [2.75, 3.05) is 19.6 Å². The lowest BCUT2D eigenvalue weighted by atomic mass is 10.2. The smallest absolute Gasteiger partial charge is 0.236 e. The van der Waals surface area contributed by atoms with Crippen molar-refractivity contribution in [1.82, 2.24) is 10.2 Å². The van der Waals surface area contributed by atoms with Crippen LogP contribution in [0.15, 0.2) is 11.4 Å². The van der Waals surface area contributed by atoms with Gasteiger partial charge in [-0.25, -0.2) is 0 Å². The summed E-state index contributed by atoms with van der Waals surface area (Å²) in [5, 5.41) is 5.43. The number of nitrogens with one attached hydrogen (secondary N) is 1. The monoisotopic (exact) mass is 280 g/mol. The van der Waals surface area contributed by atoms with E-state index in [4.69, 9.17) is 0 Å². The van der Waals surface area contributed by atoms with E-state index in [2.05, 4.69) is 23.7 Å². The fraction of sp³-hybridized carbons (Fsp3) is 0.667. The average molecular weight is 280 g/mol. The minimum absolute atomic E-state index is 0.261. The van der Waals surface area contributed by atoms with Crippen LogP contribution in [0.2, 0.25) is 0 Å². The predicted molar refractivity (Wildman–Crippen MR) is 80.5 cm³/mol. The number of rotatable bonds is 5. The van der Waals surface area contributed by atoms with Gasteiger partial charge in [-0.1, -0.05) is 19.8 Å². The van der Waals surface area contributed by atoms with Crippen LogP contribution in [0.4, 0.5) is 0 Å². The molecular weight excluding hydrogens is 256 g/mol. The molecule has 4 heteroatoms. The summed E-state index contributed by atoms with van der Waals surface area (Å²) in [6, 6.07) is 2.18. The SMILES string of the molecule is CCc1ccsc1CNCC(=O)N1CCCCCC1. The quantitative estimate of drug-likeness (QED) is 0.899. The van der Waals surface area contributed by atoms with Crippen LogP contribution >= 0.6 is 11.3 Å². The first-order valence-corrected chi connectivity index (χ1v) is 8.23. The van der Waals surface area contributed by atoms with Gasteiger partial charge in [-0.2, -0.15) is 0 Å². The van der Waals surface area contributed by atoms with Crippen LogP contribution < -0.4 is 5.32 Å². The number of aryl methyl sites for hydroxylation is 1. The molecule has 0 unspecified atom stereocenters. The second-order valence-corrected chi connectivity index (χ2v) is 6.12. The van der Waals surface area contributed by atoms with Gasteiger partial charge < -0.3 is 10.2 Å². The minimum Gasteiger partial charge on any atom is -0.342 e. The molecule has 1 aromatic rings. The highest BCUT2D eigenvalue weighted by atomic mass is 32.1. The van der Waals surface area contributed by atoms with Crippen LogP contribution in [0.25, 0.3) is 0 Å². The molecule has 1 amide bonds. The Balaban J connectivity index is 1.74. The van der Waals surface area contributed by atoms with Crippen LogP contribution in [0.5, 0.6) is 0 Å². The van der Waals surface area contributed by atoms with Gasteiger partial charge in [0.25, 0.3) is 0 Å². The minimum atomic E-state index is 0.261. The molecule has 19 heavy (non-hydrogen) atoms. The first kappa shape index (κ1) is 14.5. The predicted octanol–water partition coefficient (Wildman–Crippen LogP) is 2.80. The molecule has 2 heterocycles. The van der Waals surface area contributed by atoms with Gasteiger partial charge in [0, 0.05) is 24.5 Å². The van der Waals surface area contributed by atoms with E-state index in [0.717, 1.165) is 38.9 Å². The van der Waals surface area contributed by atoms with Crippen LogP contribution in [-0.2, 0) is 17.8 Å². The molecule has 1 fully saturated rings. The molecule has 0 aliphatic carbocycles. The lowest BCUT2D eigenvalue weighted by molar-refractivity contribution is -0.130. The summed E-state index contributed by atoms with van der Waals surface area (Å²) in [5.74, 6) is 0.261. The summed E-state index contributed by atoms with van der Waals surface area (Å²) in [7, 11) is 0. The molecular formula is C15H24N2OS. The van der Waals surface area contributed by atoms with Crippen molar-refractivity contribution in [3.8, 4) is 0 Å². The number of thiophene rings is 1. The Labute approximate surface area is 120 Å². The molecule has 0 spiro atoms. The molecule has 106 valence electrons. The highest BCUT2D eigenvalue weighted by Crippen LogP contribution is 2.16. The van der Waals surface area contributed by atoms with Crippen LogP contribution in [0, 0.1) is 0 Å². The van der Waals surface area contributed by atoms with E-state index < -0.39 is 0 Å². The second-order valence-electron chi connectivity index (χ2n) is 5.12. The van der Waals surface area contributed by atoms with Crippen molar-refractivity contribution in [3.63, 3.8) is 0 Å². The van der Waals surface area contributed by atoms with E-state index in [9.17, 15) is 4.79 Å². The maximum Gasteiger partial charge on any atom is 0.236 e. The van der Waals surface area contributed by atoms with Gasteiger partial charge in [0.15, 0.2) is 0 Å². The third-order valence-electron chi connectivity index (χ3n) is 3.74. The van der Waals surface area contributed by atoms with E-state index in [1.54, 1.807) is 11.3 Å². The first-order chi connectivity index (χ1) is 9.31. The van der Waals surface area contributed by atoms with Crippen molar-refractivity contribution in [1.29, 1.82) is 0 Å². The number of hydrogen-bond donors (Lipinski definition) is 1. The fourth-order valence-electron chi connectivity index (χ4n) is 2.55. The van der Waals surface area contributed by atoms with E-state index >= 15 is 0 Å². The zero-order valence-electron chi connectivity index (χ0n) is 11.8. The van der Waals surface area contributed by atoms with Crippen molar-refractivity contribution in [2.45, 2.75) is 45.6 Å². The van der Waals surface area contributed by atoms with Crippen molar-refractivity contribution in [3.05, 3.63) is 21.9 Å². The van der Waals surface area contributed by atoms with E-state index in [0.29, 0.717) is 6.54 Å². The van der Waals surface area contributed by atoms with Gasteiger partial charge >= 0.3 is 0 Å². The Hall–Kier alpha value is -0.870. The van der Waals surface area contributed by atoms with Crippen molar-refractivity contribution < 1.29 is 4.79 Å². The van der Waals surface area contributed by atoms with Gasteiger partial charge in [-0.15, -0.1) is 11.3 Å². The molecule has 1 saturated heterocycles. The van der Waals surface area contributed by atoms with Crippen molar-refractivity contribution >= 4 is 17.2 Å². The number of carbonyl (C=O) groups is 1. The lowest BCUT2D eigenvalue weighted by Gasteiger charge is -2.20. The molecule has 0 aromatic carbocycles. The normalized spacial score (nSPS) is 16.4. The average Bonchev–Trinajstić information content (AvgIpc) is 2.70. The molecule has 1 aliphatic rings. The first-order valence-electron chi connectivity index (χ1n) is 7.35. The Morgan fingerprint density at radius 3 is 2.74 bits per heavy atom. The molecule has 1 aliphatic heterocycles. The zero-order valence-corrected chi connectivity index (χ0v) is 12.6. The summed E-state index contributed by atoms with van der Waals surface area (Å²) < 4.78 is 0. The maximum atomic E-state index is 12.1. The Bertz CT molecular complexity index is 395. The maximum absolute atomic E-state index is 12.1. The number of likely N-dealkylation sites (tertiary alicyclic amines) is 1. The van der Waals surface area contributed by atoms with Gasteiger partial charge in [0.1, 0.15) is 0 Å². The number of hydrogen-bond acceptors (Lipinski definition) is 3. The summed E-state index contributed by atoms with van der Waals surface area (Å²) in [6.07, 6.45) is 5.94. The molecule has 0 atom stereocenters. The van der Waals surface area contributed by atoms with Crippen LogP contribution in [0.3, 0.4) is 0 Å². The van der Waals surface area contributed by atoms with Gasteiger partial charge in [0.05, 0.1) is 6.54 Å². The molecule has 1 aromatic heterocycles. The Morgan fingerprint density at radius 1 is 1.32 bits per heavy atom. The van der Waals surface area contributed by atoms with Crippen LogP contribution in [-0.4, -0.2) is 30.4 Å². The highest BCUT2D eigenvalue weighted by Gasteiger charge is 2.14. The topological polar surface area (TPSA) is 32.3 Å². The third kappa shape index (κ3) is 4.32. The lowest BCUT2D eigenvalue weighted by Crippen LogP contribution is -2.38. The van der Waals surface area contributed by atoms with Gasteiger partial charge in [-0.05, 0) is 36.3 Å². The van der Waals surface area contributed by atoms with Gasteiger partial charge in [-0.3, -0.25) is 4.79 Å².